The fraction of sp³-hybridized carbons (Fsp3) is 0.250. The average molecular weight is 278 g/mol. The Balaban J connectivity index is 2.25. The van der Waals surface area contributed by atoms with Gasteiger partial charge in [0, 0.05) is 11.1 Å². The summed E-state index contributed by atoms with van der Waals surface area (Å²) in [5, 5.41) is 0.557. The number of halogens is 2. The fourth-order valence-electron chi connectivity index (χ4n) is 2.28. The molecule has 1 nitrogen and oxygen atoms in total. The summed E-state index contributed by atoms with van der Waals surface area (Å²) in [5.74, 6) is -0.285. The van der Waals surface area contributed by atoms with Gasteiger partial charge in [-0.05, 0) is 49.6 Å². The zero-order valence-corrected chi connectivity index (χ0v) is 11.8. The summed E-state index contributed by atoms with van der Waals surface area (Å²) >= 11 is 6.07. The normalized spacial score (nSPS) is 12.5. The molecule has 100 valence electrons. The number of rotatable bonds is 3. The number of hydrogen-bond acceptors (Lipinski definition) is 1. The first kappa shape index (κ1) is 14.0. The van der Waals surface area contributed by atoms with Crippen LogP contribution in [0.4, 0.5) is 4.39 Å². The Morgan fingerprint density at radius 2 is 1.74 bits per heavy atom. The van der Waals surface area contributed by atoms with E-state index in [-0.39, 0.29) is 11.9 Å². The highest BCUT2D eigenvalue weighted by atomic mass is 35.5. The van der Waals surface area contributed by atoms with E-state index in [1.54, 1.807) is 6.07 Å². The summed E-state index contributed by atoms with van der Waals surface area (Å²) in [6, 6.07) is 10.4. The van der Waals surface area contributed by atoms with E-state index in [2.05, 4.69) is 18.2 Å². The Kier molecular flexibility index (Phi) is 4.23. The van der Waals surface area contributed by atoms with E-state index in [9.17, 15) is 4.39 Å². The first-order chi connectivity index (χ1) is 8.95. The van der Waals surface area contributed by atoms with E-state index in [1.165, 1.54) is 23.3 Å². The zero-order chi connectivity index (χ0) is 14.0. The molecule has 0 saturated heterocycles. The molecule has 0 amide bonds. The van der Waals surface area contributed by atoms with E-state index in [4.69, 9.17) is 17.3 Å². The average Bonchev–Trinajstić information content (AvgIpc) is 2.32. The van der Waals surface area contributed by atoms with Crippen molar-refractivity contribution >= 4 is 11.6 Å². The molecule has 0 heterocycles. The molecule has 0 saturated carbocycles. The van der Waals surface area contributed by atoms with Gasteiger partial charge in [0.15, 0.2) is 0 Å². The van der Waals surface area contributed by atoms with Gasteiger partial charge in [0.05, 0.1) is 0 Å². The van der Waals surface area contributed by atoms with E-state index in [0.29, 0.717) is 11.4 Å². The predicted molar refractivity (Wildman–Crippen MR) is 78.0 cm³/mol. The molecule has 0 aliphatic carbocycles. The first-order valence-electron chi connectivity index (χ1n) is 6.23. The summed E-state index contributed by atoms with van der Waals surface area (Å²) in [6.07, 6.45) is 0.527. The largest absolute Gasteiger partial charge is 0.324 e. The van der Waals surface area contributed by atoms with Gasteiger partial charge in [-0.15, -0.1) is 0 Å². The molecule has 0 aromatic heterocycles. The van der Waals surface area contributed by atoms with Gasteiger partial charge in [0.1, 0.15) is 5.82 Å². The molecule has 1 unspecified atom stereocenters. The standard InChI is InChI=1S/C16H17ClFN/c1-10-5-11(2)7-13(6-10)16(19)9-12-8-14(18)3-4-15(12)17/h3-8,16H,9,19H2,1-2H3. The van der Waals surface area contributed by atoms with Gasteiger partial charge in [-0.2, -0.15) is 0 Å². The second-order valence-electron chi connectivity index (χ2n) is 4.97. The van der Waals surface area contributed by atoms with E-state index in [1.807, 2.05) is 13.8 Å². The molecule has 3 heteroatoms. The van der Waals surface area contributed by atoms with Gasteiger partial charge in [-0.1, -0.05) is 40.9 Å². The third-order valence-corrected chi connectivity index (χ3v) is 3.49. The second-order valence-corrected chi connectivity index (χ2v) is 5.37. The molecule has 0 fully saturated rings. The number of aryl methyl sites for hydroxylation is 2. The maximum atomic E-state index is 13.2. The lowest BCUT2D eigenvalue weighted by molar-refractivity contribution is 0.622. The number of benzene rings is 2. The van der Waals surface area contributed by atoms with Crippen LogP contribution < -0.4 is 5.73 Å². The van der Waals surface area contributed by atoms with Crippen molar-refractivity contribution in [2.45, 2.75) is 26.3 Å². The molecule has 0 aliphatic rings. The lowest BCUT2D eigenvalue weighted by Crippen LogP contribution is -2.14. The molecule has 0 spiro atoms. The third kappa shape index (κ3) is 3.55. The Labute approximate surface area is 118 Å². The SMILES string of the molecule is Cc1cc(C)cc(C(N)Cc2cc(F)ccc2Cl)c1. The summed E-state index contributed by atoms with van der Waals surface area (Å²) in [7, 11) is 0. The third-order valence-electron chi connectivity index (χ3n) is 3.12. The van der Waals surface area contributed by atoms with Crippen LogP contribution in [0, 0.1) is 19.7 Å². The van der Waals surface area contributed by atoms with E-state index in [0.717, 1.165) is 11.1 Å². The quantitative estimate of drug-likeness (QED) is 0.887. The molecular formula is C16H17ClFN. The lowest BCUT2D eigenvalue weighted by atomic mass is 9.96. The van der Waals surface area contributed by atoms with Crippen LogP contribution in [0.15, 0.2) is 36.4 Å². The highest BCUT2D eigenvalue weighted by Crippen LogP contribution is 2.24. The molecule has 0 aliphatic heterocycles. The van der Waals surface area contributed by atoms with Gasteiger partial charge >= 0.3 is 0 Å². The van der Waals surface area contributed by atoms with E-state index < -0.39 is 0 Å². The van der Waals surface area contributed by atoms with Crippen molar-refractivity contribution in [2.24, 2.45) is 5.73 Å². The number of hydrogen-bond donors (Lipinski definition) is 1. The monoisotopic (exact) mass is 277 g/mol. The molecule has 19 heavy (non-hydrogen) atoms. The molecule has 1 atom stereocenters. The van der Waals surface area contributed by atoms with Crippen molar-refractivity contribution in [2.75, 3.05) is 0 Å². The van der Waals surface area contributed by atoms with Crippen LogP contribution in [-0.2, 0) is 6.42 Å². The van der Waals surface area contributed by atoms with Gasteiger partial charge < -0.3 is 5.73 Å². The summed E-state index contributed by atoms with van der Waals surface area (Å²) < 4.78 is 13.2. The van der Waals surface area contributed by atoms with Crippen LogP contribution in [0.1, 0.15) is 28.3 Å². The van der Waals surface area contributed by atoms with Gasteiger partial charge in [-0.25, -0.2) is 4.39 Å². The Bertz CT molecular complexity index is 575. The first-order valence-corrected chi connectivity index (χ1v) is 6.61. The summed E-state index contributed by atoms with van der Waals surface area (Å²) in [6.45, 7) is 4.08. The lowest BCUT2D eigenvalue weighted by Gasteiger charge is -2.15. The van der Waals surface area contributed by atoms with Crippen molar-refractivity contribution in [3.8, 4) is 0 Å². The maximum Gasteiger partial charge on any atom is 0.123 e. The predicted octanol–water partition coefficient (Wildman–Crippen LogP) is 4.34. The van der Waals surface area contributed by atoms with Crippen LogP contribution in [0.5, 0.6) is 0 Å². The summed E-state index contributed by atoms with van der Waals surface area (Å²) in [5.41, 5.74) is 10.4. The molecule has 0 bridgehead atoms. The molecule has 2 aromatic rings. The van der Waals surface area contributed by atoms with Crippen LogP contribution in [0.2, 0.25) is 5.02 Å². The van der Waals surface area contributed by atoms with Crippen molar-refractivity contribution in [1.29, 1.82) is 0 Å². The van der Waals surface area contributed by atoms with Crippen LogP contribution in [0.25, 0.3) is 0 Å². The Hall–Kier alpha value is -1.38. The smallest absolute Gasteiger partial charge is 0.123 e. The second kappa shape index (κ2) is 5.72. The van der Waals surface area contributed by atoms with Crippen molar-refractivity contribution in [3.63, 3.8) is 0 Å². The minimum absolute atomic E-state index is 0.183. The highest BCUT2D eigenvalue weighted by molar-refractivity contribution is 6.31. The van der Waals surface area contributed by atoms with Gasteiger partial charge in [-0.3, -0.25) is 0 Å². The number of nitrogens with two attached hydrogens (primary N) is 1. The highest BCUT2D eigenvalue weighted by Gasteiger charge is 2.11. The van der Waals surface area contributed by atoms with Gasteiger partial charge in [0.25, 0.3) is 0 Å². The minimum atomic E-state index is -0.285. The van der Waals surface area contributed by atoms with Crippen LogP contribution in [-0.4, -0.2) is 0 Å². The molecule has 2 aromatic carbocycles. The molecule has 2 N–H and O–H groups in total. The molecule has 0 radical (unpaired) electrons. The van der Waals surface area contributed by atoms with Crippen LogP contribution >= 0.6 is 11.6 Å². The Morgan fingerprint density at radius 1 is 1.11 bits per heavy atom. The minimum Gasteiger partial charge on any atom is -0.324 e. The van der Waals surface area contributed by atoms with Crippen molar-refractivity contribution in [3.05, 3.63) is 69.5 Å². The molecular weight excluding hydrogens is 261 g/mol. The maximum absolute atomic E-state index is 13.2. The van der Waals surface area contributed by atoms with Gasteiger partial charge in [0.2, 0.25) is 0 Å². The fourth-order valence-corrected chi connectivity index (χ4v) is 2.47. The Morgan fingerprint density at radius 3 is 2.37 bits per heavy atom. The summed E-state index contributed by atoms with van der Waals surface area (Å²) in [4.78, 5) is 0. The topological polar surface area (TPSA) is 26.0 Å². The van der Waals surface area contributed by atoms with Crippen molar-refractivity contribution in [1.82, 2.24) is 0 Å². The van der Waals surface area contributed by atoms with Crippen LogP contribution in [0.3, 0.4) is 0 Å². The molecule has 2 rings (SSSR count). The zero-order valence-electron chi connectivity index (χ0n) is 11.1. The van der Waals surface area contributed by atoms with E-state index >= 15 is 0 Å². The van der Waals surface area contributed by atoms with Crippen molar-refractivity contribution < 1.29 is 4.39 Å².